The van der Waals surface area contributed by atoms with Gasteiger partial charge in [0.05, 0.1) is 0 Å². The lowest BCUT2D eigenvalue weighted by atomic mass is 10.2. The van der Waals surface area contributed by atoms with E-state index in [4.69, 9.17) is 15.3 Å². The first kappa shape index (κ1) is 14.5. The lowest BCUT2D eigenvalue weighted by molar-refractivity contribution is -0.137. The van der Waals surface area contributed by atoms with Crippen LogP contribution in [0.1, 0.15) is 5.56 Å². The zero-order valence-corrected chi connectivity index (χ0v) is 10.4. The summed E-state index contributed by atoms with van der Waals surface area (Å²) in [5, 5.41) is 18.1. The van der Waals surface area contributed by atoms with Crippen molar-refractivity contribution >= 4 is 18.0 Å². The maximum absolute atomic E-state index is 11.4. The average molecular weight is 265 g/mol. The molecule has 0 unspecified atom stereocenters. The van der Waals surface area contributed by atoms with E-state index in [0.717, 1.165) is 10.5 Å². The molecular weight excluding hydrogens is 250 g/mol. The van der Waals surface area contributed by atoms with E-state index in [9.17, 15) is 9.59 Å². The highest BCUT2D eigenvalue weighted by Gasteiger charge is 2.12. The third kappa shape index (κ3) is 5.53. The van der Waals surface area contributed by atoms with Crippen LogP contribution in [0.4, 0.5) is 4.79 Å². The molecule has 0 aliphatic carbocycles. The van der Waals surface area contributed by atoms with Crippen molar-refractivity contribution in [1.29, 1.82) is 5.41 Å². The van der Waals surface area contributed by atoms with Gasteiger partial charge in [-0.15, -0.1) is 0 Å². The summed E-state index contributed by atoms with van der Waals surface area (Å²) >= 11 is 0. The van der Waals surface area contributed by atoms with E-state index in [1.54, 1.807) is 12.1 Å². The predicted molar refractivity (Wildman–Crippen MR) is 67.8 cm³/mol. The summed E-state index contributed by atoms with van der Waals surface area (Å²) in [4.78, 5) is 22.9. The summed E-state index contributed by atoms with van der Waals surface area (Å²) < 4.78 is 4.89. The van der Waals surface area contributed by atoms with Crippen LogP contribution < -0.4 is 5.32 Å². The molecule has 0 aliphatic heterocycles. The van der Waals surface area contributed by atoms with Crippen LogP contribution >= 0.6 is 0 Å². The highest BCUT2D eigenvalue weighted by atomic mass is 16.5. The summed E-state index contributed by atoms with van der Waals surface area (Å²) in [6.07, 6.45) is -0.800. The van der Waals surface area contributed by atoms with Crippen molar-refractivity contribution in [3.63, 3.8) is 0 Å². The highest BCUT2D eigenvalue weighted by molar-refractivity contribution is 5.93. The number of hydrogen-bond acceptors (Lipinski definition) is 4. The molecule has 0 spiro atoms. The lowest BCUT2D eigenvalue weighted by Crippen LogP contribution is -2.43. The number of nitrogens with zero attached hydrogens (tertiary/aromatic N) is 1. The second-order valence-corrected chi connectivity index (χ2v) is 3.79. The van der Waals surface area contributed by atoms with Crippen molar-refractivity contribution in [2.24, 2.45) is 0 Å². The molecule has 7 nitrogen and oxygen atoms in total. The summed E-state index contributed by atoms with van der Waals surface area (Å²) in [6, 6.07) is 9.09. The van der Waals surface area contributed by atoms with E-state index in [-0.39, 0.29) is 19.1 Å². The van der Waals surface area contributed by atoms with Gasteiger partial charge in [0.2, 0.25) is 5.96 Å². The summed E-state index contributed by atoms with van der Waals surface area (Å²) in [6.45, 7) is -0.291. The van der Waals surface area contributed by atoms with Gasteiger partial charge in [-0.25, -0.2) is 4.79 Å². The molecule has 1 rings (SSSR count). The third-order valence-electron chi connectivity index (χ3n) is 2.19. The Morgan fingerprint density at radius 2 is 2.00 bits per heavy atom. The molecule has 1 amide bonds. The quantitative estimate of drug-likeness (QED) is 0.553. The first-order valence-corrected chi connectivity index (χ1v) is 5.48. The van der Waals surface area contributed by atoms with Crippen LogP contribution in [0.3, 0.4) is 0 Å². The van der Waals surface area contributed by atoms with E-state index in [1.807, 2.05) is 18.2 Å². The van der Waals surface area contributed by atoms with Gasteiger partial charge >= 0.3 is 12.1 Å². The maximum atomic E-state index is 11.4. The van der Waals surface area contributed by atoms with Gasteiger partial charge in [-0.1, -0.05) is 30.3 Å². The second kappa shape index (κ2) is 7.00. The minimum absolute atomic E-state index is 0.0859. The first-order chi connectivity index (χ1) is 8.99. The van der Waals surface area contributed by atoms with Gasteiger partial charge in [-0.2, -0.15) is 0 Å². The van der Waals surface area contributed by atoms with Crippen LogP contribution in [0.2, 0.25) is 0 Å². The number of carboxylic acids is 1. The van der Waals surface area contributed by atoms with Crippen molar-refractivity contribution in [3.05, 3.63) is 35.9 Å². The molecule has 0 aliphatic rings. The zero-order valence-electron chi connectivity index (χ0n) is 10.4. The fraction of sp³-hybridized carbons (Fsp3) is 0.250. The van der Waals surface area contributed by atoms with Gasteiger partial charge < -0.3 is 14.7 Å². The Kier molecular flexibility index (Phi) is 5.34. The van der Waals surface area contributed by atoms with Crippen LogP contribution in [0.25, 0.3) is 0 Å². The normalized spacial score (nSPS) is 9.53. The molecule has 0 bridgehead atoms. The van der Waals surface area contributed by atoms with Crippen LogP contribution in [0, 0.1) is 5.41 Å². The minimum Gasteiger partial charge on any atom is -0.480 e. The van der Waals surface area contributed by atoms with Crippen LogP contribution in [-0.2, 0) is 16.1 Å². The number of carboxylic acid groups (broad SMARTS) is 1. The van der Waals surface area contributed by atoms with E-state index < -0.39 is 12.1 Å². The van der Waals surface area contributed by atoms with E-state index in [0.29, 0.717) is 0 Å². The number of ether oxygens (including phenoxy) is 1. The number of benzene rings is 1. The monoisotopic (exact) mass is 265 g/mol. The number of hydrogen-bond donors (Lipinski definition) is 3. The van der Waals surface area contributed by atoms with Crippen LogP contribution in [-0.4, -0.2) is 41.6 Å². The molecule has 0 fully saturated rings. The standard InChI is InChI=1S/C12H15N3O4/c1-15(7-10(16)17)11(13)14-12(18)19-8-9-5-3-2-4-6-9/h2-6H,7-8H2,1H3,(H,16,17)(H2,13,14,18). The molecule has 0 heterocycles. The van der Waals surface area contributed by atoms with E-state index in [1.165, 1.54) is 7.05 Å². The van der Waals surface area contributed by atoms with E-state index >= 15 is 0 Å². The third-order valence-corrected chi connectivity index (χ3v) is 2.19. The van der Waals surface area contributed by atoms with Crippen LogP contribution in [0.5, 0.6) is 0 Å². The molecule has 102 valence electrons. The lowest BCUT2D eigenvalue weighted by Gasteiger charge is -2.17. The number of carbonyl (C=O) groups excluding carboxylic acids is 1. The Bertz CT molecular complexity index is 461. The fourth-order valence-corrected chi connectivity index (χ4v) is 1.23. The molecule has 7 heteroatoms. The van der Waals surface area contributed by atoms with Gasteiger partial charge in [-0.3, -0.25) is 15.5 Å². The number of alkyl carbamates (subject to hydrolysis) is 1. The van der Waals surface area contributed by atoms with Crippen LogP contribution in [0.15, 0.2) is 30.3 Å². The van der Waals surface area contributed by atoms with E-state index in [2.05, 4.69) is 5.32 Å². The average Bonchev–Trinajstić information content (AvgIpc) is 2.36. The molecule has 1 aromatic carbocycles. The SMILES string of the molecule is CN(CC(=O)O)C(=N)NC(=O)OCc1ccccc1. The van der Waals surface area contributed by atoms with Crippen molar-refractivity contribution in [1.82, 2.24) is 10.2 Å². The summed E-state index contributed by atoms with van der Waals surface area (Å²) in [5.74, 6) is -1.42. The molecule has 1 aromatic rings. The Labute approximate surface area is 110 Å². The Morgan fingerprint density at radius 1 is 1.37 bits per heavy atom. The van der Waals surface area contributed by atoms with Crippen molar-refractivity contribution in [2.75, 3.05) is 13.6 Å². The number of rotatable bonds is 4. The summed E-state index contributed by atoms with van der Waals surface area (Å²) in [5.41, 5.74) is 0.822. The number of guanidine groups is 1. The predicted octanol–water partition coefficient (Wildman–Crippen LogP) is 0.864. The molecule has 0 atom stereocenters. The number of nitrogens with one attached hydrogen (secondary N) is 2. The largest absolute Gasteiger partial charge is 0.480 e. The fourth-order valence-electron chi connectivity index (χ4n) is 1.23. The van der Waals surface area contributed by atoms with Crippen molar-refractivity contribution < 1.29 is 19.4 Å². The zero-order chi connectivity index (χ0) is 14.3. The molecule has 0 saturated carbocycles. The Balaban J connectivity index is 2.35. The highest BCUT2D eigenvalue weighted by Crippen LogP contribution is 2.00. The summed E-state index contributed by atoms with van der Waals surface area (Å²) in [7, 11) is 1.38. The van der Waals surface area contributed by atoms with Crippen molar-refractivity contribution in [3.8, 4) is 0 Å². The molecule has 0 aromatic heterocycles. The van der Waals surface area contributed by atoms with Gasteiger partial charge in [0.1, 0.15) is 13.2 Å². The number of aliphatic carboxylic acids is 1. The number of likely N-dealkylation sites (N-methyl/N-ethyl adjacent to an activating group) is 1. The molecule has 0 saturated heterocycles. The topological polar surface area (TPSA) is 103 Å². The Hall–Kier alpha value is -2.57. The molecule has 19 heavy (non-hydrogen) atoms. The van der Waals surface area contributed by atoms with Gasteiger partial charge in [-0.05, 0) is 5.56 Å². The molecule has 3 N–H and O–H groups in total. The number of carbonyl (C=O) groups is 2. The first-order valence-electron chi connectivity index (χ1n) is 5.48. The van der Waals surface area contributed by atoms with Crippen molar-refractivity contribution in [2.45, 2.75) is 6.61 Å². The second-order valence-electron chi connectivity index (χ2n) is 3.79. The smallest absolute Gasteiger partial charge is 0.414 e. The molecule has 0 radical (unpaired) electrons. The Morgan fingerprint density at radius 3 is 2.58 bits per heavy atom. The molecular formula is C12H15N3O4. The van der Waals surface area contributed by atoms with Gasteiger partial charge in [0.15, 0.2) is 0 Å². The van der Waals surface area contributed by atoms with Gasteiger partial charge in [0.25, 0.3) is 0 Å². The minimum atomic E-state index is -1.09. The number of amides is 1. The van der Waals surface area contributed by atoms with Gasteiger partial charge in [0, 0.05) is 7.05 Å². The maximum Gasteiger partial charge on any atom is 0.414 e.